The minimum absolute atomic E-state index is 0.354. The fraction of sp³-hybridized carbons (Fsp3) is 1.00. The number of hydrogen-bond acceptors (Lipinski definition) is 2. The molecule has 0 spiro atoms. The summed E-state index contributed by atoms with van der Waals surface area (Å²) in [5.41, 5.74) is 0.354. The first-order chi connectivity index (χ1) is 7.65. The minimum atomic E-state index is -2.13. The Morgan fingerprint density at radius 1 is 1.31 bits per heavy atom. The lowest BCUT2D eigenvalue weighted by Gasteiger charge is -2.34. The third-order valence-electron chi connectivity index (χ3n) is 3.96. The molecule has 1 saturated carbocycles. The second-order valence-electron chi connectivity index (χ2n) is 5.38. The monoisotopic (exact) mass is 233 g/mol. The molecule has 1 heterocycles. The van der Waals surface area contributed by atoms with E-state index in [9.17, 15) is 8.78 Å². The highest BCUT2D eigenvalue weighted by atomic mass is 19.3. The van der Waals surface area contributed by atoms with Gasteiger partial charge in [-0.15, -0.1) is 0 Å². The van der Waals surface area contributed by atoms with E-state index in [2.05, 4.69) is 4.90 Å². The lowest BCUT2D eigenvalue weighted by atomic mass is 9.96. The minimum Gasteiger partial charge on any atom is -0.384 e. The third kappa shape index (κ3) is 2.92. The average molecular weight is 233 g/mol. The van der Waals surface area contributed by atoms with Gasteiger partial charge in [-0.05, 0) is 38.8 Å². The highest BCUT2D eigenvalue weighted by molar-refractivity contribution is 4.96. The first kappa shape index (κ1) is 12.2. The number of methoxy groups -OCH3 is 1. The van der Waals surface area contributed by atoms with E-state index >= 15 is 0 Å². The van der Waals surface area contributed by atoms with Crippen molar-refractivity contribution in [1.29, 1.82) is 0 Å². The Morgan fingerprint density at radius 2 is 1.94 bits per heavy atom. The van der Waals surface area contributed by atoms with Crippen molar-refractivity contribution >= 4 is 0 Å². The number of likely N-dealkylation sites (tertiary alicyclic amines) is 1. The molecule has 2 aliphatic rings. The van der Waals surface area contributed by atoms with Gasteiger partial charge in [-0.3, -0.25) is 0 Å². The SMILES string of the molecule is COCC1(CN2CCC(C(F)F)CC2)CC1. The molecule has 94 valence electrons. The number of hydrogen-bond donors (Lipinski definition) is 0. The summed E-state index contributed by atoms with van der Waals surface area (Å²) in [4.78, 5) is 2.34. The van der Waals surface area contributed by atoms with Crippen LogP contribution in [0.25, 0.3) is 0 Å². The topological polar surface area (TPSA) is 12.5 Å². The van der Waals surface area contributed by atoms with Gasteiger partial charge in [0.05, 0.1) is 6.61 Å². The molecular weight excluding hydrogens is 212 g/mol. The van der Waals surface area contributed by atoms with Crippen LogP contribution in [0.15, 0.2) is 0 Å². The zero-order valence-electron chi connectivity index (χ0n) is 9.92. The van der Waals surface area contributed by atoms with Crippen molar-refractivity contribution in [2.45, 2.75) is 32.1 Å². The summed E-state index contributed by atoms with van der Waals surface area (Å²) in [5.74, 6) is -0.367. The maximum absolute atomic E-state index is 12.5. The Hall–Kier alpha value is -0.220. The van der Waals surface area contributed by atoms with E-state index in [0.717, 1.165) is 26.2 Å². The standard InChI is InChI=1S/C12H21F2NO/c1-16-9-12(4-5-12)8-15-6-2-10(3-7-15)11(13)14/h10-11H,2-9H2,1H3. The Bertz CT molecular complexity index is 223. The molecule has 1 aliphatic heterocycles. The van der Waals surface area contributed by atoms with Crippen LogP contribution in [0.1, 0.15) is 25.7 Å². The fourth-order valence-electron chi connectivity index (χ4n) is 2.67. The number of nitrogens with zero attached hydrogens (tertiary/aromatic N) is 1. The Morgan fingerprint density at radius 3 is 2.38 bits per heavy atom. The summed E-state index contributed by atoms with van der Waals surface area (Å²) in [5, 5.41) is 0. The zero-order valence-corrected chi connectivity index (χ0v) is 9.92. The van der Waals surface area contributed by atoms with E-state index in [0.29, 0.717) is 18.3 Å². The molecule has 0 aromatic heterocycles. The molecule has 2 rings (SSSR count). The lowest BCUT2D eigenvalue weighted by molar-refractivity contribution is 0.0249. The number of piperidine rings is 1. The van der Waals surface area contributed by atoms with Gasteiger partial charge in [0.15, 0.2) is 0 Å². The van der Waals surface area contributed by atoms with Crippen LogP contribution in [0, 0.1) is 11.3 Å². The van der Waals surface area contributed by atoms with E-state index in [1.165, 1.54) is 12.8 Å². The Kier molecular flexibility index (Phi) is 3.80. The van der Waals surface area contributed by atoms with Crippen molar-refractivity contribution in [2.75, 3.05) is 33.4 Å². The molecule has 1 aliphatic carbocycles. The molecule has 2 nitrogen and oxygen atoms in total. The summed E-state index contributed by atoms with van der Waals surface area (Å²) in [6, 6.07) is 0. The fourth-order valence-corrected chi connectivity index (χ4v) is 2.67. The predicted octanol–water partition coefficient (Wildman–Crippen LogP) is 2.39. The van der Waals surface area contributed by atoms with E-state index in [1.807, 2.05) is 0 Å². The van der Waals surface area contributed by atoms with Crippen LogP contribution < -0.4 is 0 Å². The third-order valence-corrected chi connectivity index (χ3v) is 3.96. The zero-order chi connectivity index (χ0) is 11.6. The molecule has 0 amide bonds. The van der Waals surface area contributed by atoms with Crippen LogP contribution in [0.2, 0.25) is 0 Å². The Labute approximate surface area is 95.9 Å². The van der Waals surface area contributed by atoms with Crippen molar-refractivity contribution in [1.82, 2.24) is 4.90 Å². The largest absolute Gasteiger partial charge is 0.384 e. The molecule has 1 saturated heterocycles. The normalized spacial score (nSPS) is 26.2. The second kappa shape index (κ2) is 4.96. The summed E-state index contributed by atoms with van der Waals surface area (Å²) >= 11 is 0. The predicted molar refractivity (Wildman–Crippen MR) is 58.7 cm³/mol. The lowest BCUT2D eigenvalue weighted by Crippen LogP contribution is -2.40. The molecule has 0 atom stereocenters. The van der Waals surface area contributed by atoms with Crippen LogP contribution in [0.5, 0.6) is 0 Å². The molecule has 0 N–H and O–H groups in total. The summed E-state index contributed by atoms with van der Waals surface area (Å²) in [7, 11) is 1.74. The maximum atomic E-state index is 12.5. The van der Waals surface area contributed by atoms with Gasteiger partial charge in [0.25, 0.3) is 0 Å². The second-order valence-corrected chi connectivity index (χ2v) is 5.38. The maximum Gasteiger partial charge on any atom is 0.241 e. The van der Waals surface area contributed by atoms with E-state index in [4.69, 9.17) is 4.74 Å². The highest BCUT2D eigenvalue weighted by Gasteiger charge is 2.44. The van der Waals surface area contributed by atoms with Gasteiger partial charge in [0.1, 0.15) is 0 Å². The van der Waals surface area contributed by atoms with Crippen LogP contribution in [-0.2, 0) is 4.74 Å². The summed E-state index contributed by atoms with van der Waals surface area (Å²) in [6.45, 7) is 3.53. The van der Waals surface area contributed by atoms with Gasteiger partial charge < -0.3 is 9.64 Å². The summed E-state index contributed by atoms with van der Waals surface area (Å²) in [6.07, 6.45) is 1.64. The molecule has 2 fully saturated rings. The Balaban J connectivity index is 1.73. The van der Waals surface area contributed by atoms with Gasteiger partial charge in [0, 0.05) is 25.0 Å². The highest BCUT2D eigenvalue weighted by Crippen LogP contribution is 2.46. The number of rotatable bonds is 5. The van der Waals surface area contributed by atoms with Crippen molar-refractivity contribution < 1.29 is 13.5 Å². The molecular formula is C12H21F2NO. The van der Waals surface area contributed by atoms with Gasteiger partial charge in [-0.25, -0.2) is 8.78 Å². The smallest absolute Gasteiger partial charge is 0.241 e. The number of halogens is 2. The van der Waals surface area contributed by atoms with E-state index in [-0.39, 0.29) is 5.92 Å². The van der Waals surface area contributed by atoms with Crippen molar-refractivity contribution in [3.05, 3.63) is 0 Å². The number of alkyl halides is 2. The van der Waals surface area contributed by atoms with Gasteiger partial charge in [-0.1, -0.05) is 0 Å². The molecule has 4 heteroatoms. The molecule has 0 aromatic carbocycles. The molecule has 0 unspecified atom stereocenters. The quantitative estimate of drug-likeness (QED) is 0.723. The average Bonchev–Trinajstić information content (AvgIpc) is 2.99. The van der Waals surface area contributed by atoms with E-state index in [1.54, 1.807) is 7.11 Å². The molecule has 0 bridgehead atoms. The van der Waals surface area contributed by atoms with Crippen LogP contribution in [0.3, 0.4) is 0 Å². The molecule has 0 aromatic rings. The van der Waals surface area contributed by atoms with Crippen LogP contribution in [-0.4, -0.2) is 44.7 Å². The first-order valence-electron chi connectivity index (χ1n) is 6.15. The molecule has 16 heavy (non-hydrogen) atoms. The summed E-state index contributed by atoms with van der Waals surface area (Å²) < 4.78 is 30.2. The van der Waals surface area contributed by atoms with E-state index < -0.39 is 6.43 Å². The first-order valence-corrected chi connectivity index (χ1v) is 6.15. The van der Waals surface area contributed by atoms with Crippen LogP contribution >= 0.6 is 0 Å². The van der Waals surface area contributed by atoms with Crippen molar-refractivity contribution in [2.24, 2.45) is 11.3 Å². The van der Waals surface area contributed by atoms with Crippen LogP contribution in [0.4, 0.5) is 8.78 Å². The molecule has 0 radical (unpaired) electrons. The van der Waals surface area contributed by atoms with Gasteiger partial charge in [-0.2, -0.15) is 0 Å². The van der Waals surface area contributed by atoms with Crippen molar-refractivity contribution in [3.8, 4) is 0 Å². The van der Waals surface area contributed by atoms with Gasteiger partial charge >= 0.3 is 0 Å². The number of ether oxygens (including phenoxy) is 1. The van der Waals surface area contributed by atoms with Gasteiger partial charge in [0.2, 0.25) is 6.43 Å². The van der Waals surface area contributed by atoms with Crippen molar-refractivity contribution in [3.63, 3.8) is 0 Å².